The molecule has 3 aromatic carbocycles. The van der Waals surface area contributed by atoms with Crippen molar-refractivity contribution >= 4 is 26.7 Å². The highest BCUT2D eigenvalue weighted by Crippen LogP contribution is 2.40. The van der Waals surface area contributed by atoms with Crippen LogP contribution in [0.2, 0.25) is 0 Å². The van der Waals surface area contributed by atoms with E-state index in [1.165, 1.54) is 28.9 Å². The minimum atomic E-state index is -4.05. The monoisotopic (exact) mass is 632 g/mol. The highest BCUT2D eigenvalue weighted by Gasteiger charge is 2.27. The lowest BCUT2D eigenvalue weighted by molar-refractivity contribution is -0.384. The van der Waals surface area contributed by atoms with Gasteiger partial charge in [-0.1, -0.05) is 36.4 Å². The van der Waals surface area contributed by atoms with Gasteiger partial charge in [0.25, 0.3) is 15.7 Å². The first kappa shape index (κ1) is 29.6. The Balaban J connectivity index is 1.45. The van der Waals surface area contributed by atoms with Crippen LogP contribution >= 0.6 is 0 Å². The van der Waals surface area contributed by atoms with Gasteiger partial charge in [-0.25, -0.2) is 17.4 Å². The molecule has 0 spiro atoms. The van der Waals surface area contributed by atoms with Crippen LogP contribution in [-0.4, -0.2) is 50.1 Å². The van der Waals surface area contributed by atoms with E-state index in [1.807, 2.05) is 37.4 Å². The number of non-ortho nitro benzene ring substituents is 1. The number of nitro benzene ring substituents is 1. The van der Waals surface area contributed by atoms with Crippen molar-refractivity contribution in [3.05, 3.63) is 119 Å². The Morgan fingerprint density at radius 3 is 2.35 bits per heavy atom. The van der Waals surface area contributed by atoms with Gasteiger partial charge in [-0.15, -0.1) is 0 Å². The van der Waals surface area contributed by atoms with Crippen molar-refractivity contribution in [1.82, 2.24) is 23.6 Å². The zero-order valence-corrected chi connectivity index (χ0v) is 26.1. The van der Waals surface area contributed by atoms with Crippen LogP contribution in [0.25, 0.3) is 44.7 Å². The Labute approximate surface area is 266 Å². The van der Waals surface area contributed by atoms with Crippen LogP contribution in [0.5, 0.6) is 0 Å². The van der Waals surface area contributed by atoms with Crippen LogP contribution in [0, 0.1) is 10.1 Å². The van der Waals surface area contributed by atoms with E-state index in [-0.39, 0.29) is 10.6 Å². The van der Waals surface area contributed by atoms with E-state index in [4.69, 9.17) is 5.10 Å². The van der Waals surface area contributed by atoms with Gasteiger partial charge in [0.2, 0.25) is 0 Å². The summed E-state index contributed by atoms with van der Waals surface area (Å²) in [6, 6.07) is 26.5. The number of hydrogen-bond donors (Lipinski definition) is 0. The molecular formula is C35H32N6O4S. The molecular weight excluding hydrogens is 600 g/mol. The Hall–Kier alpha value is -5.13. The molecule has 0 atom stereocenters. The van der Waals surface area contributed by atoms with Crippen molar-refractivity contribution in [1.29, 1.82) is 0 Å². The zero-order valence-electron chi connectivity index (χ0n) is 25.3. The number of aromatic nitrogens is 4. The molecule has 232 valence electrons. The molecule has 0 saturated carbocycles. The van der Waals surface area contributed by atoms with E-state index < -0.39 is 14.9 Å². The quantitative estimate of drug-likeness (QED) is 0.125. The van der Waals surface area contributed by atoms with E-state index in [1.54, 1.807) is 53.3 Å². The van der Waals surface area contributed by atoms with Crippen LogP contribution < -0.4 is 0 Å². The molecule has 3 aromatic heterocycles. The van der Waals surface area contributed by atoms with Crippen LogP contribution in [0.3, 0.4) is 0 Å². The molecule has 46 heavy (non-hydrogen) atoms. The lowest BCUT2D eigenvalue weighted by Crippen LogP contribution is -2.18. The van der Waals surface area contributed by atoms with Gasteiger partial charge in [-0.05, 0) is 92.0 Å². The number of fused-ring (bicyclic) bond motifs is 1. The van der Waals surface area contributed by atoms with Crippen molar-refractivity contribution in [2.75, 3.05) is 13.1 Å². The first-order valence-corrected chi connectivity index (χ1v) is 16.7. The average molecular weight is 633 g/mol. The predicted octanol–water partition coefficient (Wildman–Crippen LogP) is 6.99. The molecule has 10 nitrogen and oxygen atoms in total. The summed E-state index contributed by atoms with van der Waals surface area (Å²) in [6.07, 6.45) is 5.92. The summed E-state index contributed by atoms with van der Waals surface area (Å²) < 4.78 is 31.9. The molecule has 11 heteroatoms. The van der Waals surface area contributed by atoms with E-state index >= 15 is 0 Å². The van der Waals surface area contributed by atoms with Crippen molar-refractivity contribution in [3.8, 4) is 33.6 Å². The second-order valence-corrected chi connectivity index (χ2v) is 13.2. The highest BCUT2D eigenvalue weighted by atomic mass is 32.2. The maximum Gasteiger partial charge on any atom is 0.269 e. The minimum absolute atomic E-state index is 0.00803. The second kappa shape index (κ2) is 12.0. The number of rotatable bonds is 9. The third kappa shape index (κ3) is 5.37. The molecule has 0 N–H and O–H groups in total. The highest BCUT2D eigenvalue weighted by molar-refractivity contribution is 7.90. The van der Waals surface area contributed by atoms with E-state index in [9.17, 15) is 18.5 Å². The van der Waals surface area contributed by atoms with Crippen LogP contribution in [0.15, 0.2) is 108 Å². The third-order valence-corrected chi connectivity index (χ3v) is 10.2. The smallest absolute Gasteiger partial charge is 0.269 e. The van der Waals surface area contributed by atoms with Gasteiger partial charge in [-0.2, -0.15) is 5.10 Å². The van der Waals surface area contributed by atoms with E-state index in [0.29, 0.717) is 34.5 Å². The van der Waals surface area contributed by atoms with Gasteiger partial charge in [0, 0.05) is 54.1 Å². The Kier molecular flexibility index (Phi) is 7.71. The summed E-state index contributed by atoms with van der Waals surface area (Å²) in [4.78, 5) is 18.1. The fourth-order valence-electron chi connectivity index (χ4n) is 6.22. The first-order chi connectivity index (χ1) is 22.3. The van der Waals surface area contributed by atoms with Gasteiger partial charge >= 0.3 is 0 Å². The lowest BCUT2D eigenvalue weighted by atomic mass is 10.00. The number of nitrogens with zero attached hydrogens (tertiary/aromatic N) is 6. The molecule has 0 radical (unpaired) electrons. The number of benzene rings is 3. The van der Waals surface area contributed by atoms with Crippen molar-refractivity contribution in [2.45, 2.75) is 37.8 Å². The first-order valence-electron chi connectivity index (χ1n) is 15.3. The van der Waals surface area contributed by atoms with E-state index in [2.05, 4.69) is 22.0 Å². The zero-order chi connectivity index (χ0) is 31.8. The number of nitro groups is 1. The molecule has 0 amide bonds. The maximum absolute atomic E-state index is 14.4. The predicted molar refractivity (Wildman–Crippen MR) is 178 cm³/mol. The number of hydrogen-bond acceptors (Lipinski definition) is 7. The second-order valence-electron chi connectivity index (χ2n) is 11.4. The molecule has 1 aliphatic heterocycles. The summed E-state index contributed by atoms with van der Waals surface area (Å²) in [5, 5.41) is 16.8. The number of aryl methyl sites for hydroxylation is 1. The molecule has 1 aliphatic rings. The minimum Gasteiger partial charge on any atom is -0.299 e. The summed E-state index contributed by atoms with van der Waals surface area (Å²) in [7, 11) is -4.05. The van der Waals surface area contributed by atoms with Gasteiger partial charge < -0.3 is 0 Å². The largest absolute Gasteiger partial charge is 0.299 e. The number of likely N-dealkylation sites (tertiary alicyclic amines) is 1. The third-order valence-electron chi connectivity index (χ3n) is 8.50. The molecule has 0 aliphatic carbocycles. The summed E-state index contributed by atoms with van der Waals surface area (Å²) >= 11 is 0. The average Bonchev–Trinajstić information content (AvgIpc) is 3.84. The fourth-order valence-corrected chi connectivity index (χ4v) is 7.72. The topological polar surface area (TPSA) is 116 Å². The number of pyridine rings is 1. The molecule has 1 saturated heterocycles. The van der Waals surface area contributed by atoms with Crippen LogP contribution in [0.4, 0.5) is 5.69 Å². The fraction of sp³-hybridized carbons (Fsp3) is 0.200. The lowest BCUT2D eigenvalue weighted by Gasteiger charge is -2.16. The molecule has 0 unspecified atom stereocenters. The van der Waals surface area contributed by atoms with Crippen LogP contribution in [-0.2, 0) is 23.1 Å². The van der Waals surface area contributed by atoms with Gasteiger partial charge in [-0.3, -0.25) is 19.7 Å². The van der Waals surface area contributed by atoms with E-state index in [0.717, 1.165) is 41.9 Å². The normalized spacial score (nSPS) is 13.8. The summed E-state index contributed by atoms with van der Waals surface area (Å²) in [5.74, 6) is 0. The standard InChI is InChI=1S/C35H32N6O4S/c1-2-39-24-32(34(37-39)26-13-15-28(16-14-26)41(42)43)30-17-18-36-35-31(30)22-33(40(35)46(44,45)29-11-4-3-5-12-29)27-10-8-9-25(21-27)23-38-19-6-7-20-38/h3-5,8-18,21-22,24H,2,6-7,19-20,23H2,1H3. The SMILES string of the molecule is CCn1cc(-c2ccnc3c2cc(-c2cccc(CN4CCCC4)c2)n3S(=O)(=O)c2ccccc2)c(-c2ccc([N+](=O)[O-])cc2)n1. The molecule has 4 heterocycles. The summed E-state index contributed by atoms with van der Waals surface area (Å²) in [6.45, 7) is 5.50. The van der Waals surface area contributed by atoms with Gasteiger partial charge in [0.1, 0.15) is 5.69 Å². The Morgan fingerprint density at radius 1 is 0.870 bits per heavy atom. The van der Waals surface area contributed by atoms with Crippen LogP contribution in [0.1, 0.15) is 25.3 Å². The van der Waals surface area contributed by atoms with Gasteiger partial charge in [0.05, 0.1) is 15.5 Å². The maximum atomic E-state index is 14.4. The van der Waals surface area contributed by atoms with Crippen molar-refractivity contribution in [2.24, 2.45) is 0 Å². The summed E-state index contributed by atoms with van der Waals surface area (Å²) in [5.41, 5.74) is 5.58. The molecule has 6 aromatic rings. The molecule has 7 rings (SSSR count). The molecule has 0 bridgehead atoms. The molecule has 1 fully saturated rings. The Morgan fingerprint density at radius 2 is 1.63 bits per heavy atom. The van der Waals surface area contributed by atoms with Crippen molar-refractivity contribution < 1.29 is 13.3 Å². The van der Waals surface area contributed by atoms with Crippen molar-refractivity contribution in [3.63, 3.8) is 0 Å². The Bertz CT molecular complexity index is 2170. The van der Waals surface area contributed by atoms with Gasteiger partial charge in [0.15, 0.2) is 5.65 Å².